The lowest BCUT2D eigenvalue weighted by molar-refractivity contribution is 0.468. The van der Waals surface area contributed by atoms with Gasteiger partial charge in [-0.2, -0.15) is 10.4 Å². The average molecular weight is 261 g/mol. The van der Waals surface area contributed by atoms with E-state index in [-0.39, 0.29) is 11.4 Å². The molecule has 19 heavy (non-hydrogen) atoms. The maximum Gasteiger partial charge on any atom is 0.152 e. The summed E-state index contributed by atoms with van der Waals surface area (Å²) in [6.45, 7) is 7.39. The quantitative estimate of drug-likeness (QED) is 0.857. The first-order valence-electron chi connectivity index (χ1n) is 6.00. The highest BCUT2D eigenvalue weighted by Crippen LogP contribution is 2.22. The lowest BCUT2D eigenvalue weighted by Crippen LogP contribution is -2.02. The van der Waals surface area contributed by atoms with Gasteiger partial charge in [0.05, 0.1) is 17.0 Å². The molecule has 0 amide bonds. The number of benzene rings is 1. The minimum absolute atomic E-state index is 0.145. The van der Waals surface area contributed by atoms with Crippen LogP contribution in [0, 0.1) is 31.0 Å². The first-order chi connectivity index (χ1) is 9.04. The molecule has 1 N–H and O–H groups in total. The number of aryl methyl sites for hydroxylation is 1. The third-order valence-electron chi connectivity index (χ3n) is 2.56. The van der Waals surface area contributed by atoms with Crippen molar-refractivity contribution in [1.29, 1.82) is 5.26 Å². The molecule has 0 saturated heterocycles. The maximum absolute atomic E-state index is 13.7. The van der Waals surface area contributed by atoms with Crippen LogP contribution in [0.3, 0.4) is 0 Å². The fourth-order valence-corrected chi connectivity index (χ4v) is 1.71. The van der Waals surface area contributed by atoms with E-state index in [1.54, 1.807) is 13.8 Å². The Kier molecular flexibility index (Phi) is 4.65. The first kappa shape index (κ1) is 14.7. The molecule has 5 heteroatoms. The fourth-order valence-electron chi connectivity index (χ4n) is 1.71. The molecule has 4 nitrogen and oxygen atoms in total. The highest BCUT2D eigenvalue weighted by Gasteiger charge is 2.15. The summed E-state index contributed by atoms with van der Waals surface area (Å²) < 4.78 is 15.0. The summed E-state index contributed by atoms with van der Waals surface area (Å²) in [5.74, 6) is -0.728. The van der Waals surface area contributed by atoms with Gasteiger partial charge in [-0.3, -0.25) is 0 Å². The molecule has 0 radical (unpaired) electrons. The standard InChI is InChI=1S/C12H10FN3O.C2H6/c1-7-10(6-14)8(2)16(15-7)12-4-3-9(17)5-11(12)13;1-2/h3-5,17H,1-2H3;1-2H3. The van der Waals surface area contributed by atoms with Gasteiger partial charge in [0.1, 0.15) is 17.5 Å². The van der Waals surface area contributed by atoms with Crippen LogP contribution in [0.4, 0.5) is 4.39 Å². The number of phenols is 1. The third-order valence-corrected chi connectivity index (χ3v) is 2.56. The molecule has 0 aliphatic carbocycles. The van der Waals surface area contributed by atoms with Gasteiger partial charge >= 0.3 is 0 Å². The number of phenolic OH excluding ortho intramolecular Hbond substituents is 1. The number of halogens is 1. The van der Waals surface area contributed by atoms with Crippen molar-refractivity contribution in [3.63, 3.8) is 0 Å². The molecule has 0 atom stereocenters. The summed E-state index contributed by atoms with van der Waals surface area (Å²) in [7, 11) is 0. The Morgan fingerprint density at radius 3 is 2.42 bits per heavy atom. The largest absolute Gasteiger partial charge is 0.508 e. The molecule has 1 aromatic heterocycles. The minimum Gasteiger partial charge on any atom is -0.508 e. The summed E-state index contributed by atoms with van der Waals surface area (Å²) in [6, 6.07) is 5.84. The molecule has 0 fully saturated rings. The van der Waals surface area contributed by atoms with Gasteiger partial charge in [0.15, 0.2) is 5.82 Å². The predicted molar refractivity (Wildman–Crippen MR) is 70.7 cm³/mol. The van der Waals surface area contributed by atoms with Crippen molar-refractivity contribution in [1.82, 2.24) is 9.78 Å². The molecule has 0 aliphatic rings. The molecule has 100 valence electrons. The molecular formula is C14H16FN3O. The smallest absolute Gasteiger partial charge is 0.152 e. The Labute approximate surface area is 111 Å². The van der Waals surface area contributed by atoms with Crippen LogP contribution in [0.15, 0.2) is 18.2 Å². The number of nitriles is 1. The molecule has 1 heterocycles. The zero-order valence-corrected chi connectivity index (χ0v) is 11.4. The van der Waals surface area contributed by atoms with Crippen LogP contribution in [0.25, 0.3) is 5.69 Å². The highest BCUT2D eigenvalue weighted by atomic mass is 19.1. The van der Waals surface area contributed by atoms with E-state index in [4.69, 9.17) is 10.4 Å². The second-order valence-corrected chi connectivity index (χ2v) is 3.71. The summed E-state index contributed by atoms with van der Waals surface area (Å²) >= 11 is 0. The van der Waals surface area contributed by atoms with E-state index in [9.17, 15) is 4.39 Å². The fraction of sp³-hybridized carbons (Fsp3) is 0.286. The average Bonchev–Trinajstić information content (AvgIpc) is 2.67. The van der Waals surface area contributed by atoms with E-state index in [0.29, 0.717) is 17.0 Å². The van der Waals surface area contributed by atoms with E-state index < -0.39 is 5.82 Å². The van der Waals surface area contributed by atoms with E-state index in [2.05, 4.69) is 5.10 Å². The van der Waals surface area contributed by atoms with Crippen LogP contribution in [0.5, 0.6) is 5.75 Å². The van der Waals surface area contributed by atoms with E-state index in [1.165, 1.54) is 16.8 Å². The second-order valence-electron chi connectivity index (χ2n) is 3.71. The SMILES string of the molecule is CC.Cc1nn(-c2ccc(O)cc2F)c(C)c1C#N. The van der Waals surface area contributed by atoms with Crippen LogP contribution in [0.1, 0.15) is 30.8 Å². The number of rotatable bonds is 1. The number of aromatic nitrogens is 2. The normalized spacial score (nSPS) is 9.47. The number of hydrogen-bond acceptors (Lipinski definition) is 3. The van der Waals surface area contributed by atoms with Crippen molar-refractivity contribution < 1.29 is 9.50 Å². The lowest BCUT2D eigenvalue weighted by Gasteiger charge is -2.05. The first-order valence-corrected chi connectivity index (χ1v) is 6.00. The van der Waals surface area contributed by atoms with Gasteiger partial charge in [-0.05, 0) is 26.0 Å². The van der Waals surface area contributed by atoms with Crippen LogP contribution in [-0.2, 0) is 0 Å². The molecule has 0 saturated carbocycles. The molecule has 2 rings (SSSR count). The third kappa shape index (κ3) is 2.74. The van der Waals surface area contributed by atoms with Gasteiger partial charge in [0.2, 0.25) is 0 Å². The molecular weight excluding hydrogens is 245 g/mol. The van der Waals surface area contributed by atoms with Crippen molar-refractivity contribution in [2.75, 3.05) is 0 Å². The Morgan fingerprint density at radius 2 is 1.95 bits per heavy atom. The van der Waals surface area contributed by atoms with Crippen molar-refractivity contribution in [2.45, 2.75) is 27.7 Å². The molecule has 1 aromatic carbocycles. The van der Waals surface area contributed by atoms with E-state index in [1.807, 2.05) is 19.9 Å². The van der Waals surface area contributed by atoms with Crippen LogP contribution >= 0.6 is 0 Å². The van der Waals surface area contributed by atoms with Gasteiger partial charge in [-0.15, -0.1) is 0 Å². The van der Waals surface area contributed by atoms with Gasteiger partial charge in [0.25, 0.3) is 0 Å². The van der Waals surface area contributed by atoms with Gasteiger partial charge < -0.3 is 5.11 Å². The Hall–Kier alpha value is -2.35. The van der Waals surface area contributed by atoms with E-state index in [0.717, 1.165) is 6.07 Å². The summed E-state index contributed by atoms with van der Waals surface area (Å²) in [6.07, 6.45) is 0. The molecule has 0 bridgehead atoms. The van der Waals surface area contributed by atoms with Crippen LogP contribution < -0.4 is 0 Å². The Morgan fingerprint density at radius 1 is 1.32 bits per heavy atom. The zero-order chi connectivity index (χ0) is 14.6. The molecule has 0 spiro atoms. The summed E-state index contributed by atoms with van der Waals surface area (Å²) in [4.78, 5) is 0. The maximum atomic E-state index is 13.7. The zero-order valence-electron chi connectivity index (χ0n) is 11.4. The van der Waals surface area contributed by atoms with Crippen molar-refractivity contribution in [3.05, 3.63) is 41.0 Å². The van der Waals surface area contributed by atoms with Crippen molar-refractivity contribution in [2.24, 2.45) is 0 Å². The molecule has 2 aromatic rings. The van der Waals surface area contributed by atoms with Gasteiger partial charge in [-0.25, -0.2) is 9.07 Å². The van der Waals surface area contributed by atoms with Gasteiger partial charge in [-0.1, -0.05) is 13.8 Å². The summed E-state index contributed by atoms with van der Waals surface area (Å²) in [5.41, 5.74) is 1.79. The topological polar surface area (TPSA) is 61.8 Å². The number of aromatic hydroxyl groups is 1. The second kappa shape index (κ2) is 6.01. The minimum atomic E-state index is -0.583. The number of nitrogens with zero attached hydrogens (tertiary/aromatic N) is 3. The monoisotopic (exact) mass is 261 g/mol. The predicted octanol–water partition coefficient (Wildman–Crippen LogP) is 3.23. The van der Waals surface area contributed by atoms with Crippen molar-refractivity contribution >= 4 is 0 Å². The molecule has 0 aliphatic heterocycles. The van der Waals surface area contributed by atoms with Crippen molar-refractivity contribution in [3.8, 4) is 17.5 Å². The van der Waals surface area contributed by atoms with Crippen LogP contribution in [0.2, 0.25) is 0 Å². The summed E-state index contributed by atoms with van der Waals surface area (Å²) in [5, 5.41) is 22.2. The van der Waals surface area contributed by atoms with Gasteiger partial charge in [0, 0.05) is 6.07 Å². The lowest BCUT2D eigenvalue weighted by atomic mass is 10.2. The number of hydrogen-bond donors (Lipinski definition) is 1. The highest BCUT2D eigenvalue weighted by molar-refractivity contribution is 5.44. The molecule has 0 unspecified atom stereocenters. The Bertz CT molecular complexity index is 626. The van der Waals surface area contributed by atoms with E-state index >= 15 is 0 Å². The Balaban J connectivity index is 0.000000861. The van der Waals surface area contributed by atoms with Crippen LogP contribution in [-0.4, -0.2) is 14.9 Å².